The Morgan fingerprint density at radius 2 is 2.00 bits per heavy atom. The lowest BCUT2D eigenvalue weighted by Gasteiger charge is -2.24. The Kier molecular flexibility index (Phi) is 2.88. The van der Waals surface area contributed by atoms with Crippen LogP contribution in [0.3, 0.4) is 0 Å². The van der Waals surface area contributed by atoms with E-state index in [1.165, 1.54) is 17.0 Å². The fourth-order valence-corrected chi connectivity index (χ4v) is 3.21. The molecule has 1 aromatic heterocycles. The number of nitrogens with zero attached hydrogens (tertiary/aromatic N) is 1. The summed E-state index contributed by atoms with van der Waals surface area (Å²) in [6.07, 6.45) is 1.39. The number of carbonyl (C=O) groups is 1. The van der Waals surface area contributed by atoms with Gasteiger partial charge in [0.15, 0.2) is 0 Å². The van der Waals surface area contributed by atoms with Crippen molar-refractivity contribution in [2.45, 2.75) is 18.9 Å². The van der Waals surface area contributed by atoms with Crippen molar-refractivity contribution < 1.29 is 9.18 Å². The smallest absolute Gasteiger partial charge is 0.227 e. The lowest BCUT2D eigenvalue weighted by atomic mass is 10.1. The molecule has 0 radical (unpaired) electrons. The van der Waals surface area contributed by atoms with Crippen molar-refractivity contribution in [2.75, 3.05) is 4.90 Å². The summed E-state index contributed by atoms with van der Waals surface area (Å²) in [4.78, 5) is 15.0. The maximum Gasteiger partial charge on any atom is 0.227 e. The number of hydrogen-bond donors (Lipinski definition) is 0. The fraction of sp³-hybridized carbons (Fsp3) is 0.214. The van der Waals surface area contributed by atoms with Crippen LogP contribution in [0.1, 0.15) is 23.8 Å². The summed E-state index contributed by atoms with van der Waals surface area (Å²) in [6, 6.07) is 10.3. The van der Waals surface area contributed by atoms with Crippen LogP contribution in [0.5, 0.6) is 0 Å². The van der Waals surface area contributed by atoms with Crippen LogP contribution in [0.4, 0.5) is 10.1 Å². The molecule has 3 rings (SSSR count). The molecule has 2 nitrogen and oxygen atoms in total. The third kappa shape index (κ3) is 1.93. The standard InChI is InChI=1S/C14H12FNOS/c15-10-3-5-11(6-4-10)16-12(7-8-14(16)17)13-2-1-9-18-13/h1-6,9,12H,7-8H2. The van der Waals surface area contributed by atoms with Crippen LogP contribution in [0, 0.1) is 5.82 Å². The summed E-state index contributed by atoms with van der Waals surface area (Å²) in [5.41, 5.74) is 0.775. The zero-order valence-electron chi connectivity index (χ0n) is 9.67. The van der Waals surface area contributed by atoms with Crippen molar-refractivity contribution in [1.29, 1.82) is 0 Å². The molecule has 1 fully saturated rings. The highest BCUT2D eigenvalue weighted by atomic mass is 32.1. The molecule has 1 unspecified atom stereocenters. The van der Waals surface area contributed by atoms with Crippen LogP contribution in [0.15, 0.2) is 41.8 Å². The predicted octanol–water partition coefficient (Wildman–Crippen LogP) is 3.76. The quantitative estimate of drug-likeness (QED) is 0.806. The molecular formula is C14H12FNOS. The first kappa shape index (κ1) is 11.4. The summed E-state index contributed by atoms with van der Waals surface area (Å²) < 4.78 is 12.9. The van der Waals surface area contributed by atoms with Crippen LogP contribution < -0.4 is 4.90 Å². The highest BCUT2D eigenvalue weighted by Crippen LogP contribution is 2.38. The van der Waals surface area contributed by atoms with Gasteiger partial charge in [0.25, 0.3) is 0 Å². The molecule has 0 N–H and O–H groups in total. The molecule has 0 bridgehead atoms. The van der Waals surface area contributed by atoms with E-state index in [0.29, 0.717) is 6.42 Å². The van der Waals surface area contributed by atoms with Crippen LogP contribution in [-0.2, 0) is 4.79 Å². The zero-order valence-corrected chi connectivity index (χ0v) is 10.5. The largest absolute Gasteiger partial charge is 0.304 e. The topological polar surface area (TPSA) is 20.3 Å². The Morgan fingerprint density at radius 1 is 1.22 bits per heavy atom. The van der Waals surface area contributed by atoms with E-state index >= 15 is 0 Å². The first-order valence-electron chi connectivity index (χ1n) is 5.87. The Morgan fingerprint density at radius 3 is 2.67 bits per heavy atom. The summed E-state index contributed by atoms with van der Waals surface area (Å²) in [7, 11) is 0. The molecule has 0 aliphatic carbocycles. The van der Waals surface area contributed by atoms with Crippen molar-refractivity contribution in [2.24, 2.45) is 0 Å². The summed E-state index contributed by atoms with van der Waals surface area (Å²) in [6.45, 7) is 0. The van der Waals surface area contributed by atoms with Gasteiger partial charge in [-0.2, -0.15) is 0 Å². The molecular weight excluding hydrogens is 249 g/mol. The van der Waals surface area contributed by atoms with Crippen LogP contribution in [0.25, 0.3) is 0 Å². The lowest BCUT2D eigenvalue weighted by Crippen LogP contribution is -2.26. The number of halogens is 1. The van der Waals surface area contributed by atoms with E-state index in [2.05, 4.69) is 0 Å². The van der Waals surface area contributed by atoms with Gasteiger partial charge in [-0.25, -0.2) is 4.39 Å². The Balaban J connectivity index is 1.97. The van der Waals surface area contributed by atoms with Gasteiger partial charge in [-0.1, -0.05) is 6.07 Å². The normalized spacial score (nSPS) is 19.5. The van der Waals surface area contributed by atoms with E-state index in [0.717, 1.165) is 12.1 Å². The van der Waals surface area contributed by atoms with Gasteiger partial charge in [-0.3, -0.25) is 4.79 Å². The van der Waals surface area contributed by atoms with Gasteiger partial charge >= 0.3 is 0 Å². The number of carbonyl (C=O) groups excluding carboxylic acids is 1. The molecule has 0 saturated carbocycles. The van der Waals surface area contributed by atoms with E-state index in [-0.39, 0.29) is 17.8 Å². The average Bonchev–Trinajstić information content (AvgIpc) is 2.99. The van der Waals surface area contributed by atoms with Gasteiger partial charge in [0.2, 0.25) is 5.91 Å². The average molecular weight is 261 g/mol. The highest BCUT2D eigenvalue weighted by Gasteiger charge is 2.33. The van der Waals surface area contributed by atoms with Gasteiger partial charge in [0.1, 0.15) is 5.82 Å². The minimum Gasteiger partial charge on any atom is -0.304 e. The molecule has 0 spiro atoms. The number of anilines is 1. The minimum absolute atomic E-state index is 0.1000. The second-order valence-electron chi connectivity index (χ2n) is 4.31. The molecule has 1 aliphatic heterocycles. The van der Waals surface area contributed by atoms with E-state index < -0.39 is 0 Å². The molecule has 2 heterocycles. The second kappa shape index (κ2) is 4.53. The molecule has 1 amide bonds. The van der Waals surface area contributed by atoms with E-state index in [9.17, 15) is 9.18 Å². The van der Waals surface area contributed by atoms with Crippen molar-refractivity contribution >= 4 is 22.9 Å². The molecule has 1 atom stereocenters. The molecule has 18 heavy (non-hydrogen) atoms. The maximum atomic E-state index is 12.9. The molecule has 1 saturated heterocycles. The molecule has 1 aliphatic rings. The second-order valence-corrected chi connectivity index (χ2v) is 5.29. The Hall–Kier alpha value is -1.68. The fourth-order valence-electron chi connectivity index (χ4n) is 2.36. The maximum absolute atomic E-state index is 12.9. The van der Waals surface area contributed by atoms with E-state index in [1.807, 2.05) is 17.5 Å². The van der Waals surface area contributed by atoms with Crippen molar-refractivity contribution in [1.82, 2.24) is 0 Å². The third-order valence-electron chi connectivity index (χ3n) is 3.19. The number of rotatable bonds is 2. The SMILES string of the molecule is O=C1CCC(c2cccs2)N1c1ccc(F)cc1. The minimum atomic E-state index is -0.280. The molecule has 92 valence electrons. The van der Waals surface area contributed by atoms with Crippen molar-refractivity contribution in [3.8, 4) is 0 Å². The van der Waals surface area contributed by atoms with Crippen LogP contribution in [0.2, 0.25) is 0 Å². The number of hydrogen-bond acceptors (Lipinski definition) is 2. The summed E-state index contributed by atoms with van der Waals surface area (Å²) >= 11 is 1.66. The highest BCUT2D eigenvalue weighted by molar-refractivity contribution is 7.10. The lowest BCUT2D eigenvalue weighted by molar-refractivity contribution is -0.117. The van der Waals surface area contributed by atoms with Gasteiger partial charge in [-0.15, -0.1) is 11.3 Å². The molecule has 2 aromatic rings. The van der Waals surface area contributed by atoms with Crippen LogP contribution in [-0.4, -0.2) is 5.91 Å². The van der Waals surface area contributed by atoms with E-state index in [4.69, 9.17) is 0 Å². The Labute approximate surface area is 109 Å². The van der Waals surface area contributed by atoms with E-state index in [1.54, 1.807) is 28.4 Å². The van der Waals surface area contributed by atoms with Gasteiger partial charge in [-0.05, 0) is 42.1 Å². The first-order chi connectivity index (χ1) is 8.75. The Bertz CT molecular complexity index is 550. The van der Waals surface area contributed by atoms with Crippen molar-refractivity contribution in [3.05, 3.63) is 52.5 Å². The summed E-state index contributed by atoms with van der Waals surface area (Å²) in [5.74, 6) is -0.168. The third-order valence-corrected chi connectivity index (χ3v) is 4.16. The number of benzene rings is 1. The molecule has 1 aromatic carbocycles. The van der Waals surface area contributed by atoms with Crippen molar-refractivity contribution in [3.63, 3.8) is 0 Å². The summed E-state index contributed by atoms with van der Waals surface area (Å²) in [5, 5.41) is 2.01. The van der Waals surface area contributed by atoms with Gasteiger partial charge in [0.05, 0.1) is 6.04 Å². The zero-order chi connectivity index (χ0) is 12.5. The monoisotopic (exact) mass is 261 g/mol. The van der Waals surface area contributed by atoms with Gasteiger partial charge < -0.3 is 4.90 Å². The van der Waals surface area contributed by atoms with Gasteiger partial charge in [0, 0.05) is 17.0 Å². The first-order valence-corrected chi connectivity index (χ1v) is 6.75. The molecule has 4 heteroatoms. The number of thiophene rings is 1. The van der Waals surface area contributed by atoms with Crippen LogP contribution >= 0.6 is 11.3 Å². The predicted molar refractivity (Wildman–Crippen MR) is 70.2 cm³/mol. The number of amides is 1.